The lowest BCUT2D eigenvalue weighted by Crippen LogP contribution is -1.95. The Hall–Kier alpha value is -0.670. The van der Waals surface area contributed by atoms with E-state index < -0.39 is 12.4 Å². The Bertz CT molecular complexity index is 115. The number of alkyl halides is 2. The molecule has 0 aromatic carbocycles. The molecule has 0 aromatic rings. The van der Waals surface area contributed by atoms with E-state index in [1.54, 1.807) is 0 Å². The van der Waals surface area contributed by atoms with Crippen LogP contribution in [-0.2, 0) is 4.79 Å². The molecule has 2 nitrogen and oxygen atoms in total. The molecule has 1 N–H and O–H groups in total. The number of rotatable bonds is 6. The van der Waals surface area contributed by atoms with E-state index in [-0.39, 0.29) is 12.8 Å². The van der Waals surface area contributed by atoms with Gasteiger partial charge in [0, 0.05) is 12.8 Å². The van der Waals surface area contributed by atoms with Gasteiger partial charge in [-0.05, 0) is 12.8 Å². The van der Waals surface area contributed by atoms with E-state index in [4.69, 9.17) is 5.11 Å². The predicted octanol–water partition coefficient (Wildman–Crippen LogP) is 2.29. The molecule has 0 rings (SSSR count). The maximum Gasteiger partial charge on any atom is 0.303 e. The second-order valence-corrected chi connectivity index (χ2v) is 2.38. The van der Waals surface area contributed by atoms with Gasteiger partial charge in [-0.2, -0.15) is 0 Å². The summed E-state index contributed by atoms with van der Waals surface area (Å²) in [5.41, 5.74) is 0. The fourth-order valence-electron chi connectivity index (χ4n) is 0.752. The van der Waals surface area contributed by atoms with E-state index >= 15 is 0 Å². The first-order chi connectivity index (χ1) is 5.13. The quantitative estimate of drug-likeness (QED) is 0.614. The zero-order valence-corrected chi connectivity index (χ0v) is 6.22. The molecule has 0 amide bonds. The highest BCUT2D eigenvalue weighted by Crippen LogP contribution is 2.08. The van der Waals surface area contributed by atoms with Crippen LogP contribution in [0.1, 0.15) is 32.1 Å². The van der Waals surface area contributed by atoms with E-state index in [2.05, 4.69) is 0 Å². The van der Waals surface area contributed by atoms with Crippen molar-refractivity contribution in [1.29, 1.82) is 0 Å². The van der Waals surface area contributed by atoms with Gasteiger partial charge in [-0.1, -0.05) is 6.42 Å². The Morgan fingerprint density at radius 3 is 2.36 bits per heavy atom. The van der Waals surface area contributed by atoms with Crippen molar-refractivity contribution in [3.05, 3.63) is 0 Å². The number of hydrogen-bond donors (Lipinski definition) is 1. The number of aliphatic carboxylic acids is 1. The summed E-state index contributed by atoms with van der Waals surface area (Å²) in [7, 11) is 0. The molecule has 0 heterocycles. The van der Waals surface area contributed by atoms with E-state index in [0.717, 1.165) is 0 Å². The Labute approximate surface area is 64.2 Å². The van der Waals surface area contributed by atoms with Crippen LogP contribution < -0.4 is 0 Å². The molecule has 66 valence electrons. The summed E-state index contributed by atoms with van der Waals surface area (Å²) in [4.78, 5) is 9.95. The van der Waals surface area contributed by atoms with Crippen LogP contribution in [0.3, 0.4) is 0 Å². The van der Waals surface area contributed by atoms with E-state index in [1.165, 1.54) is 0 Å². The van der Waals surface area contributed by atoms with Crippen molar-refractivity contribution in [3.63, 3.8) is 0 Å². The molecule has 0 spiro atoms. The minimum absolute atomic E-state index is 0.0865. The topological polar surface area (TPSA) is 37.3 Å². The first-order valence-electron chi connectivity index (χ1n) is 3.63. The third kappa shape index (κ3) is 9.33. The number of hydrogen-bond acceptors (Lipinski definition) is 1. The van der Waals surface area contributed by atoms with Crippen LogP contribution in [-0.4, -0.2) is 17.5 Å². The molecule has 0 radical (unpaired) electrons. The van der Waals surface area contributed by atoms with Crippen LogP contribution in [0.2, 0.25) is 0 Å². The molecular formula is C7H12F2O2. The van der Waals surface area contributed by atoms with Crippen LogP contribution in [0, 0.1) is 0 Å². The van der Waals surface area contributed by atoms with Gasteiger partial charge < -0.3 is 5.11 Å². The molecular weight excluding hydrogens is 154 g/mol. The van der Waals surface area contributed by atoms with Crippen LogP contribution >= 0.6 is 0 Å². The molecule has 0 atom stereocenters. The summed E-state index contributed by atoms with van der Waals surface area (Å²) in [5.74, 6) is -0.859. The lowest BCUT2D eigenvalue weighted by molar-refractivity contribution is -0.137. The lowest BCUT2D eigenvalue weighted by atomic mass is 10.1. The average molecular weight is 166 g/mol. The minimum atomic E-state index is -2.25. The normalized spacial score (nSPS) is 10.5. The summed E-state index contributed by atoms with van der Waals surface area (Å²) in [6, 6.07) is 0. The molecule has 11 heavy (non-hydrogen) atoms. The molecule has 0 aliphatic carbocycles. The van der Waals surface area contributed by atoms with Crippen molar-refractivity contribution >= 4 is 5.97 Å². The molecule has 0 unspecified atom stereocenters. The Morgan fingerprint density at radius 1 is 1.27 bits per heavy atom. The molecule has 0 saturated heterocycles. The van der Waals surface area contributed by atoms with Crippen molar-refractivity contribution in [2.24, 2.45) is 0 Å². The van der Waals surface area contributed by atoms with Gasteiger partial charge in [0.25, 0.3) is 0 Å². The number of carboxylic acids is 1. The summed E-state index contributed by atoms with van der Waals surface area (Å²) >= 11 is 0. The summed E-state index contributed by atoms with van der Waals surface area (Å²) in [6.45, 7) is 0. The molecule has 0 aliphatic heterocycles. The third-order valence-electron chi connectivity index (χ3n) is 1.31. The maximum atomic E-state index is 11.5. The Balaban J connectivity index is 2.97. The van der Waals surface area contributed by atoms with Gasteiger partial charge in [-0.3, -0.25) is 4.79 Å². The van der Waals surface area contributed by atoms with Crippen molar-refractivity contribution in [1.82, 2.24) is 0 Å². The summed E-state index contributed by atoms with van der Waals surface area (Å²) in [6.07, 6.45) is -0.771. The lowest BCUT2D eigenvalue weighted by Gasteiger charge is -1.97. The van der Waals surface area contributed by atoms with Crippen LogP contribution in [0.15, 0.2) is 0 Å². The van der Waals surface area contributed by atoms with Crippen LogP contribution in [0.25, 0.3) is 0 Å². The van der Waals surface area contributed by atoms with Crippen LogP contribution in [0.5, 0.6) is 0 Å². The van der Waals surface area contributed by atoms with Crippen LogP contribution in [0.4, 0.5) is 8.78 Å². The number of carbonyl (C=O) groups is 1. The number of carboxylic acid groups (broad SMARTS) is 1. The number of unbranched alkanes of at least 4 members (excludes halogenated alkanes) is 2. The van der Waals surface area contributed by atoms with E-state index in [0.29, 0.717) is 19.3 Å². The third-order valence-corrected chi connectivity index (χ3v) is 1.31. The van der Waals surface area contributed by atoms with Crippen molar-refractivity contribution in [2.75, 3.05) is 0 Å². The Morgan fingerprint density at radius 2 is 1.91 bits per heavy atom. The molecule has 0 fully saturated rings. The zero-order valence-electron chi connectivity index (χ0n) is 6.22. The van der Waals surface area contributed by atoms with E-state index in [1.807, 2.05) is 0 Å². The van der Waals surface area contributed by atoms with Gasteiger partial charge in [0.2, 0.25) is 6.43 Å². The Kier molecular flexibility index (Phi) is 5.70. The summed E-state index contributed by atoms with van der Waals surface area (Å²) < 4.78 is 23.0. The largest absolute Gasteiger partial charge is 0.481 e. The van der Waals surface area contributed by atoms with Gasteiger partial charge >= 0.3 is 5.97 Å². The fourth-order valence-corrected chi connectivity index (χ4v) is 0.752. The minimum Gasteiger partial charge on any atom is -0.481 e. The molecule has 4 heteroatoms. The highest BCUT2D eigenvalue weighted by Gasteiger charge is 2.01. The SMILES string of the molecule is O=C(O)CCCCCC(F)F. The predicted molar refractivity (Wildman–Crippen MR) is 36.7 cm³/mol. The second-order valence-electron chi connectivity index (χ2n) is 2.38. The van der Waals surface area contributed by atoms with Crippen molar-refractivity contribution < 1.29 is 18.7 Å². The highest BCUT2D eigenvalue weighted by atomic mass is 19.3. The maximum absolute atomic E-state index is 11.5. The highest BCUT2D eigenvalue weighted by molar-refractivity contribution is 5.66. The van der Waals surface area contributed by atoms with Gasteiger partial charge in [-0.25, -0.2) is 8.78 Å². The molecule has 0 aromatic heterocycles. The smallest absolute Gasteiger partial charge is 0.303 e. The monoisotopic (exact) mass is 166 g/mol. The van der Waals surface area contributed by atoms with Crippen molar-refractivity contribution in [3.8, 4) is 0 Å². The van der Waals surface area contributed by atoms with Gasteiger partial charge in [0.1, 0.15) is 0 Å². The second kappa shape index (κ2) is 6.07. The first kappa shape index (κ1) is 10.3. The van der Waals surface area contributed by atoms with E-state index in [9.17, 15) is 13.6 Å². The first-order valence-corrected chi connectivity index (χ1v) is 3.63. The standard InChI is InChI=1S/C7H12F2O2/c8-6(9)4-2-1-3-5-7(10)11/h6H,1-5H2,(H,10,11). The molecule has 0 aliphatic rings. The van der Waals surface area contributed by atoms with Gasteiger partial charge in [0.05, 0.1) is 0 Å². The van der Waals surface area contributed by atoms with Gasteiger partial charge in [-0.15, -0.1) is 0 Å². The molecule has 0 saturated carbocycles. The average Bonchev–Trinajstić information content (AvgIpc) is 1.85. The summed E-state index contributed by atoms with van der Waals surface area (Å²) in [5, 5.41) is 8.17. The molecule has 0 bridgehead atoms. The number of halogens is 2. The van der Waals surface area contributed by atoms with Crippen molar-refractivity contribution in [2.45, 2.75) is 38.5 Å². The fraction of sp³-hybridized carbons (Fsp3) is 0.857. The van der Waals surface area contributed by atoms with Gasteiger partial charge in [0.15, 0.2) is 0 Å². The zero-order chi connectivity index (χ0) is 8.69.